The normalized spacial score (nSPS) is 11.4. The molecule has 3 aromatic rings. The van der Waals surface area contributed by atoms with Gasteiger partial charge in [-0.3, -0.25) is 9.59 Å². The maximum absolute atomic E-state index is 12.4. The second kappa shape index (κ2) is 9.98. The molecule has 5 nitrogen and oxygen atoms in total. The van der Waals surface area contributed by atoms with Crippen LogP contribution in [0.25, 0.3) is 0 Å². The fourth-order valence-electron chi connectivity index (χ4n) is 2.72. The Balaban J connectivity index is 1.56. The minimum Gasteiger partial charge on any atom is -0.497 e. The summed E-state index contributed by atoms with van der Waals surface area (Å²) < 4.78 is 5.15. The molecule has 1 atom stereocenters. The fourth-order valence-corrected chi connectivity index (χ4v) is 3.59. The van der Waals surface area contributed by atoms with Crippen LogP contribution in [0.3, 0.4) is 0 Å². The topological polar surface area (TPSA) is 67.4 Å². The lowest BCUT2D eigenvalue weighted by Gasteiger charge is -2.13. The molecule has 0 saturated carbocycles. The summed E-state index contributed by atoms with van der Waals surface area (Å²) >= 11 is 1.46. The second-order valence-electron chi connectivity index (χ2n) is 6.83. The smallest absolute Gasteiger partial charge is 0.255 e. The summed E-state index contributed by atoms with van der Waals surface area (Å²) in [4.78, 5) is 25.8. The van der Waals surface area contributed by atoms with Gasteiger partial charge in [-0.1, -0.05) is 23.8 Å². The Kier molecular flexibility index (Phi) is 7.14. The lowest BCUT2D eigenvalue weighted by Crippen LogP contribution is -2.22. The molecule has 0 aromatic heterocycles. The van der Waals surface area contributed by atoms with Crippen molar-refractivity contribution in [3.05, 3.63) is 83.9 Å². The molecule has 30 heavy (non-hydrogen) atoms. The third kappa shape index (κ3) is 5.87. The van der Waals surface area contributed by atoms with Gasteiger partial charge in [0.2, 0.25) is 5.91 Å². The zero-order valence-electron chi connectivity index (χ0n) is 17.1. The second-order valence-corrected chi connectivity index (χ2v) is 8.24. The zero-order valence-corrected chi connectivity index (χ0v) is 18.0. The maximum Gasteiger partial charge on any atom is 0.255 e. The minimum absolute atomic E-state index is 0.0562. The first kappa shape index (κ1) is 21.5. The van der Waals surface area contributed by atoms with Crippen LogP contribution in [0.2, 0.25) is 0 Å². The van der Waals surface area contributed by atoms with Crippen LogP contribution in [-0.2, 0) is 4.79 Å². The molecular weight excluding hydrogens is 396 g/mol. The van der Waals surface area contributed by atoms with Crippen LogP contribution in [0, 0.1) is 6.92 Å². The van der Waals surface area contributed by atoms with Crippen molar-refractivity contribution < 1.29 is 14.3 Å². The van der Waals surface area contributed by atoms with Gasteiger partial charge < -0.3 is 15.4 Å². The highest BCUT2D eigenvalue weighted by atomic mass is 32.2. The van der Waals surface area contributed by atoms with Gasteiger partial charge in [0.1, 0.15) is 5.75 Å². The first-order valence-electron chi connectivity index (χ1n) is 9.54. The van der Waals surface area contributed by atoms with Crippen molar-refractivity contribution in [2.45, 2.75) is 24.0 Å². The van der Waals surface area contributed by atoms with E-state index in [-0.39, 0.29) is 17.1 Å². The summed E-state index contributed by atoms with van der Waals surface area (Å²) in [7, 11) is 1.56. The summed E-state index contributed by atoms with van der Waals surface area (Å²) in [6.45, 7) is 3.87. The Morgan fingerprint density at radius 3 is 2.20 bits per heavy atom. The van der Waals surface area contributed by atoms with Crippen molar-refractivity contribution in [3.63, 3.8) is 0 Å². The maximum atomic E-state index is 12.4. The first-order valence-corrected chi connectivity index (χ1v) is 10.4. The average molecular weight is 421 g/mol. The van der Waals surface area contributed by atoms with Gasteiger partial charge in [0.25, 0.3) is 5.91 Å². The molecule has 2 amide bonds. The molecule has 3 rings (SSSR count). The van der Waals surface area contributed by atoms with Gasteiger partial charge in [-0.05, 0) is 68.4 Å². The molecule has 2 N–H and O–H groups in total. The molecule has 0 fully saturated rings. The lowest BCUT2D eigenvalue weighted by atomic mass is 10.2. The molecule has 3 aromatic carbocycles. The lowest BCUT2D eigenvalue weighted by molar-refractivity contribution is -0.115. The van der Waals surface area contributed by atoms with Crippen molar-refractivity contribution in [1.82, 2.24) is 0 Å². The number of ether oxygens (including phenoxy) is 1. The van der Waals surface area contributed by atoms with Gasteiger partial charge >= 0.3 is 0 Å². The summed E-state index contributed by atoms with van der Waals surface area (Å²) in [6.07, 6.45) is 0. The van der Waals surface area contributed by atoms with Crippen LogP contribution in [0.15, 0.2) is 77.7 Å². The number of benzene rings is 3. The fraction of sp³-hybridized carbons (Fsp3) is 0.167. The Labute approximate surface area is 180 Å². The van der Waals surface area contributed by atoms with Crippen molar-refractivity contribution in [3.8, 4) is 5.75 Å². The Morgan fingerprint density at radius 2 is 1.53 bits per heavy atom. The summed E-state index contributed by atoms with van der Waals surface area (Å²) in [5, 5.41) is 5.53. The third-order valence-corrected chi connectivity index (χ3v) is 5.56. The van der Waals surface area contributed by atoms with Crippen LogP contribution in [0.4, 0.5) is 11.4 Å². The van der Waals surface area contributed by atoms with Crippen molar-refractivity contribution >= 4 is 35.0 Å². The number of carbonyl (C=O) groups excluding carboxylic acids is 2. The van der Waals surface area contributed by atoms with E-state index in [9.17, 15) is 9.59 Å². The number of nitrogens with one attached hydrogen (secondary N) is 2. The van der Waals surface area contributed by atoms with E-state index in [4.69, 9.17) is 4.74 Å². The van der Waals surface area contributed by atoms with Gasteiger partial charge in [0.05, 0.1) is 12.4 Å². The van der Waals surface area contributed by atoms with Crippen molar-refractivity contribution in [2.24, 2.45) is 0 Å². The summed E-state index contributed by atoms with van der Waals surface area (Å²) in [5.41, 5.74) is 3.14. The van der Waals surface area contributed by atoms with Crippen LogP contribution in [0.5, 0.6) is 5.75 Å². The Morgan fingerprint density at radius 1 is 0.900 bits per heavy atom. The zero-order chi connectivity index (χ0) is 21.5. The SMILES string of the molecule is COc1cccc(C(=O)Nc2ccc(SC(C)C(=O)Nc3ccc(C)cc3)cc2)c1. The molecule has 154 valence electrons. The van der Waals surface area contributed by atoms with Crippen LogP contribution < -0.4 is 15.4 Å². The predicted octanol–water partition coefficient (Wildman–Crippen LogP) is 5.38. The van der Waals surface area contributed by atoms with Gasteiger partial charge in [-0.25, -0.2) is 0 Å². The number of aryl methyl sites for hydroxylation is 1. The van der Waals surface area contributed by atoms with E-state index in [1.807, 2.05) is 62.4 Å². The van der Waals surface area contributed by atoms with Crippen LogP contribution in [0.1, 0.15) is 22.8 Å². The average Bonchev–Trinajstić information content (AvgIpc) is 2.76. The Bertz CT molecular complexity index is 1020. The highest BCUT2D eigenvalue weighted by Crippen LogP contribution is 2.26. The molecule has 0 heterocycles. The van der Waals surface area contributed by atoms with Gasteiger partial charge in [-0.15, -0.1) is 11.8 Å². The molecule has 0 aliphatic rings. The number of methoxy groups -OCH3 is 1. The van der Waals surface area contributed by atoms with Gasteiger partial charge in [0.15, 0.2) is 0 Å². The number of thioether (sulfide) groups is 1. The van der Waals surface area contributed by atoms with Crippen molar-refractivity contribution in [1.29, 1.82) is 0 Å². The number of carbonyl (C=O) groups is 2. The molecule has 0 aliphatic carbocycles. The first-order chi connectivity index (χ1) is 14.4. The molecule has 0 saturated heterocycles. The molecule has 1 unspecified atom stereocenters. The molecule has 0 spiro atoms. The molecular formula is C24H24N2O3S. The number of amides is 2. The third-order valence-electron chi connectivity index (χ3n) is 4.45. The summed E-state index contributed by atoms with van der Waals surface area (Å²) in [5.74, 6) is 0.367. The van der Waals surface area contributed by atoms with E-state index >= 15 is 0 Å². The van der Waals surface area contributed by atoms with E-state index in [1.54, 1.807) is 31.4 Å². The standard InChI is InChI=1S/C24H24N2O3S/c1-16-7-9-19(10-8-16)25-23(27)17(2)30-22-13-11-20(12-14-22)26-24(28)18-5-4-6-21(15-18)29-3/h4-15,17H,1-3H3,(H,25,27)(H,26,28). The number of hydrogen-bond acceptors (Lipinski definition) is 4. The summed E-state index contributed by atoms with van der Waals surface area (Å²) in [6, 6.07) is 22.1. The molecule has 0 bridgehead atoms. The minimum atomic E-state index is -0.261. The molecule has 0 aliphatic heterocycles. The molecule has 0 radical (unpaired) electrons. The van der Waals surface area contributed by atoms with Crippen LogP contribution >= 0.6 is 11.8 Å². The largest absolute Gasteiger partial charge is 0.497 e. The highest BCUT2D eigenvalue weighted by molar-refractivity contribution is 8.00. The monoisotopic (exact) mass is 420 g/mol. The van der Waals surface area contributed by atoms with Crippen LogP contribution in [-0.4, -0.2) is 24.2 Å². The van der Waals surface area contributed by atoms with E-state index in [2.05, 4.69) is 10.6 Å². The van der Waals surface area contributed by atoms with E-state index in [1.165, 1.54) is 11.8 Å². The number of anilines is 2. The molecule has 6 heteroatoms. The van der Waals surface area contributed by atoms with E-state index in [0.29, 0.717) is 17.0 Å². The van der Waals surface area contributed by atoms with Crippen molar-refractivity contribution in [2.75, 3.05) is 17.7 Å². The highest BCUT2D eigenvalue weighted by Gasteiger charge is 2.15. The van der Waals surface area contributed by atoms with E-state index in [0.717, 1.165) is 16.1 Å². The van der Waals surface area contributed by atoms with Gasteiger partial charge in [0, 0.05) is 21.8 Å². The predicted molar refractivity (Wildman–Crippen MR) is 123 cm³/mol. The number of hydrogen-bond donors (Lipinski definition) is 2. The van der Waals surface area contributed by atoms with Gasteiger partial charge in [-0.2, -0.15) is 0 Å². The Hall–Kier alpha value is -3.25. The quantitative estimate of drug-likeness (QED) is 0.504. The van der Waals surface area contributed by atoms with E-state index < -0.39 is 0 Å². The number of rotatable bonds is 7.